The Balaban J connectivity index is 3.88. The van der Waals surface area contributed by atoms with E-state index >= 15 is 0 Å². The van der Waals surface area contributed by atoms with Gasteiger partial charge in [0.1, 0.15) is 0 Å². The predicted octanol–water partition coefficient (Wildman–Crippen LogP) is 0.418. The summed E-state index contributed by atoms with van der Waals surface area (Å²) in [5.41, 5.74) is 0. The van der Waals surface area contributed by atoms with Gasteiger partial charge < -0.3 is 10.4 Å². The minimum absolute atomic E-state index is 0.116. The van der Waals surface area contributed by atoms with E-state index in [2.05, 4.69) is 5.32 Å². The molecule has 0 rings (SSSR count). The second kappa shape index (κ2) is 7.19. The molecule has 15 heavy (non-hydrogen) atoms. The van der Waals surface area contributed by atoms with Crippen molar-refractivity contribution in [3.8, 4) is 0 Å². The van der Waals surface area contributed by atoms with Crippen LogP contribution in [0.15, 0.2) is 0 Å². The molecule has 2 N–H and O–H groups in total. The minimum Gasteiger partial charge on any atom is -0.391 e. The van der Waals surface area contributed by atoms with Gasteiger partial charge in [-0.2, -0.15) is 0 Å². The highest BCUT2D eigenvalue weighted by Gasteiger charge is 2.18. The first-order valence-corrected chi connectivity index (χ1v) is 7.28. The van der Waals surface area contributed by atoms with Gasteiger partial charge in [-0.1, -0.05) is 20.8 Å². The number of aliphatic hydroxyl groups excluding tert-OH is 1. The maximum atomic E-state index is 11.5. The first-order chi connectivity index (χ1) is 6.87. The molecule has 0 aliphatic rings. The van der Waals surface area contributed by atoms with E-state index in [9.17, 15) is 13.5 Å². The molecule has 0 amide bonds. The van der Waals surface area contributed by atoms with E-state index in [1.54, 1.807) is 0 Å². The predicted molar refractivity (Wildman–Crippen MR) is 62.7 cm³/mol. The highest BCUT2D eigenvalue weighted by Crippen LogP contribution is 2.02. The van der Waals surface area contributed by atoms with Crippen LogP contribution in [-0.4, -0.2) is 44.2 Å². The van der Waals surface area contributed by atoms with E-state index in [-0.39, 0.29) is 17.4 Å². The average Bonchev–Trinajstić information content (AvgIpc) is 2.00. The third kappa shape index (κ3) is 8.84. The Morgan fingerprint density at radius 2 is 1.87 bits per heavy atom. The minimum atomic E-state index is -3.11. The van der Waals surface area contributed by atoms with E-state index in [4.69, 9.17) is 0 Å². The van der Waals surface area contributed by atoms with Crippen molar-refractivity contribution in [2.75, 3.05) is 24.6 Å². The van der Waals surface area contributed by atoms with E-state index in [0.717, 1.165) is 13.0 Å². The van der Waals surface area contributed by atoms with Gasteiger partial charge in [0.15, 0.2) is 9.84 Å². The maximum absolute atomic E-state index is 11.5. The molecule has 0 saturated carbocycles. The molecule has 0 aromatic heterocycles. The molecule has 1 unspecified atom stereocenters. The van der Waals surface area contributed by atoms with Gasteiger partial charge in [-0.25, -0.2) is 8.42 Å². The molecule has 92 valence electrons. The number of sulfone groups is 1. The van der Waals surface area contributed by atoms with Crippen LogP contribution in [0.1, 0.15) is 27.2 Å². The van der Waals surface area contributed by atoms with E-state index in [1.807, 2.05) is 20.8 Å². The third-order valence-corrected chi connectivity index (χ3v) is 3.91. The number of nitrogens with one attached hydrogen (secondary N) is 1. The third-order valence-electron chi connectivity index (χ3n) is 1.84. The summed E-state index contributed by atoms with van der Waals surface area (Å²) in [6, 6.07) is 0. The largest absolute Gasteiger partial charge is 0.391 e. The van der Waals surface area contributed by atoms with Gasteiger partial charge in [-0.3, -0.25) is 0 Å². The summed E-state index contributed by atoms with van der Waals surface area (Å²) in [5, 5.41) is 12.5. The molecule has 5 heteroatoms. The standard InChI is InChI=1S/C10H23NO3S/c1-4-5-11-6-10(12)8-15(13,14)7-9(2)3/h9-12H,4-8H2,1-3H3. The van der Waals surface area contributed by atoms with Gasteiger partial charge >= 0.3 is 0 Å². The fraction of sp³-hybridized carbons (Fsp3) is 1.00. The Morgan fingerprint density at radius 3 is 2.33 bits per heavy atom. The Bertz CT molecular complexity index is 249. The Kier molecular flexibility index (Phi) is 7.13. The Labute approximate surface area is 93.0 Å². The van der Waals surface area contributed by atoms with E-state index in [1.165, 1.54) is 0 Å². The molecule has 1 atom stereocenters. The SMILES string of the molecule is CCCNCC(O)CS(=O)(=O)CC(C)C. The molecule has 0 aliphatic carbocycles. The topological polar surface area (TPSA) is 66.4 Å². The van der Waals surface area contributed by atoms with Gasteiger partial charge in [0, 0.05) is 6.54 Å². The first-order valence-electron chi connectivity index (χ1n) is 5.46. The van der Waals surface area contributed by atoms with Crippen LogP contribution in [0.3, 0.4) is 0 Å². The first kappa shape index (κ1) is 14.9. The molecule has 0 aromatic rings. The number of hydrogen-bond acceptors (Lipinski definition) is 4. The van der Waals surface area contributed by atoms with E-state index in [0.29, 0.717) is 6.54 Å². The fourth-order valence-electron chi connectivity index (χ4n) is 1.37. The lowest BCUT2D eigenvalue weighted by atomic mass is 10.3. The van der Waals surface area contributed by atoms with Crippen molar-refractivity contribution in [2.45, 2.75) is 33.3 Å². The molecule has 0 heterocycles. The summed E-state index contributed by atoms with van der Waals surface area (Å²) in [6.45, 7) is 6.90. The normalized spacial score (nSPS) is 14.5. The average molecular weight is 237 g/mol. The summed E-state index contributed by atoms with van der Waals surface area (Å²) >= 11 is 0. The summed E-state index contributed by atoms with van der Waals surface area (Å²) in [7, 11) is -3.11. The van der Waals surface area contributed by atoms with Crippen LogP contribution in [0.2, 0.25) is 0 Å². The van der Waals surface area contributed by atoms with Gasteiger partial charge in [0.05, 0.1) is 17.6 Å². The van der Waals surface area contributed by atoms with Crippen molar-refractivity contribution in [3.63, 3.8) is 0 Å². The molecule has 0 aromatic carbocycles. The molecule has 0 aliphatic heterocycles. The van der Waals surface area contributed by atoms with Crippen LogP contribution in [0.25, 0.3) is 0 Å². The van der Waals surface area contributed by atoms with Crippen LogP contribution >= 0.6 is 0 Å². The van der Waals surface area contributed by atoms with Crippen molar-refractivity contribution in [3.05, 3.63) is 0 Å². The quantitative estimate of drug-likeness (QED) is 0.600. The number of hydrogen-bond donors (Lipinski definition) is 2. The molecule has 0 spiro atoms. The van der Waals surface area contributed by atoms with Crippen LogP contribution in [0.4, 0.5) is 0 Å². The molecule has 0 saturated heterocycles. The lowest BCUT2D eigenvalue weighted by molar-refractivity contribution is 0.194. The Morgan fingerprint density at radius 1 is 1.27 bits per heavy atom. The molecule has 0 fully saturated rings. The van der Waals surface area contributed by atoms with Crippen LogP contribution in [0, 0.1) is 5.92 Å². The molecule has 0 radical (unpaired) electrons. The monoisotopic (exact) mass is 237 g/mol. The molecule has 0 bridgehead atoms. The smallest absolute Gasteiger partial charge is 0.153 e. The van der Waals surface area contributed by atoms with Crippen LogP contribution < -0.4 is 5.32 Å². The zero-order valence-corrected chi connectivity index (χ0v) is 10.7. The highest BCUT2D eigenvalue weighted by molar-refractivity contribution is 7.91. The zero-order chi connectivity index (χ0) is 11.9. The van der Waals surface area contributed by atoms with Crippen molar-refractivity contribution >= 4 is 9.84 Å². The molecule has 4 nitrogen and oxygen atoms in total. The summed E-state index contributed by atoms with van der Waals surface area (Å²) in [4.78, 5) is 0. The number of aliphatic hydroxyl groups is 1. The maximum Gasteiger partial charge on any atom is 0.153 e. The van der Waals surface area contributed by atoms with Crippen LogP contribution in [0.5, 0.6) is 0 Å². The summed E-state index contributed by atoms with van der Waals surface area (Å²) in [6.07, 6.45) is 0.186. The Hall–Kier alpha value is -0.130. The van der Waals surface area contributed by atoms with Crippen molar-refractivity contribution in [1.29, 1.82) is 0 Å². The van der Waals surface area contributed by atoms with E-state index < -0.39 is 15.9 Å². The van der Waals surface area contributed by atoms with Gasteiger partial charge in [-0.05, 0) is 18.9 Å². The number of rotatable bonds is 8. The van der Waals surface area contributed by atoms with Crippen molar-refractivity contribution in [1.82, 2.24) is 5.32 Å². The van der Waals surface area contributed by atoms with Crippen molar-refractivity contribution in [2.24, 2.45) is 5.92 Å². The second-order valence-electron chi connectivity index (χ2n) is 4.33. The van der Waals surface area contributed by atoms with Gasteiger partial charge in [0.25, 0.3) is 0 Å². The molecular weight excluding hydrogens is 214 g/mol. The van der Waals surface area contributed by atoms with Crippen LogP contribution in [-0.2, 0) is 9.84 Å². The zero-order valence-electron chi connectivity index (χ0n) is 9.86. The lowest BCUT2D eigenvalue weighted by Crippen LogP contribution is -2.34. The van der Waals surface area contributed by atoms with Gasteiger partial charge in [-0.15, -0.1) is 0 Å². The van der Waals surface area contributed by atoms with Crippen molar-refractivity contribution < 1.29 is 13.5 Å². The molecular formula is C10H23NO3S. The van der Waals surface area contributed by atoms with Gasteiger partial charge in [0.2, 0.25) is 0 Å². The summed E-state index contributed by atoms with van der Waals surface area (Å²) < 4.78 is 23.0. The summed E-state index contributed by atoms with van der Waals surface area (Å²) in [5.74, 6) is 0.130. The fourth-order valence-corrected chi connectivity index (χ4v) is 3.23. The lowest BCUT2D eigenvalue weighted by Gasteiger charge is -2.13. The second-order valence-corrected chi connectivity index (χ2v) is 6.48. The highest BCUT2D eigenvalue weighted by atomic mass is 32.2.